The van der Waals surface area contributed by atoms with E-state index >= 15 is 0 Å². The Labute approximate surface area is 62.9 Å². The molecule has 0 unspecified atom stereocenters. The van der Waals surface area contributed by atoms with E-state index < -0.39 is 5.69 Å². The fraction of sp³-hybridized carbons (Fsp3) is 0.333. The van der Waals surface area contributed by atoms with E-state index in [1.165, 1.54) is 17.3 Å². The van der Waals surface area contributed by atoms with Gasteiger partial charge < -0.3 is 9.99 Å². The number of hydrogen-bond acceptors (Lipinski definition) is 3. The normalized spacial score (nSPS) is 9.64. The molecule has 0 saturated carbocycles. The maximum absolute atomic E-state index is 11.0. The molecule has 0 aliphatic carbocycles. The third-order valence-corrected chi connectivity index (χ3v) is 1.23. The Morgan fingerprint density at radius 2 is 2.09 bits per heavy atom. The summed E-state index contributed by atoms with van der Waals surface area (Å²) in [7, 11) is 3.24. The summed E-state index contributed by atoms with van der Waals surface area (Å²) in [4.78, 5) is 24.3. The lowest BCUT2D eigenvalue weighted by atomic mass is 10.7. The highest BCUT2D eigenvalue weighted by Gasteiger charge is 1.99. The van der Waals surface area contributed by atoms with E-state index in [1.807, 2.05) is 0 Å². The highest BCUT2D eigenvalue weighted by Crippen LogP contribution is 1.66. The van der Waals surface area contributed by atoms with E-state index in [0.717, 1.165) is 4.68 Å². The van der Waals surface area contributed by atoms with Crippen molar-refractivity contribution in [2.24, 2.45) is 0 Å². The van der Waals surface area contributed by atoms with E-state index in [1.54, 1.807) is 14.1 Å². The van der Waals surface area contributed by atoms with Crippen LogP contribution in [0, 0.1) is 0 Å². The van der Waals surface area contributed by atoms with Gasteiger partial charge in [-0.25, -0.2) is 4.79 Å². The van der Waals surface area contributed by atoms with Crippen molar-refractivity contribution in [2.45, 2.75) is 0 Å². The lowest BCUT2D eigenvalue weighted by molar-refractivity contribution is 0.651. The minimum atomic E-state index is -0.428. The van der Waals surface area contributed by atoms with Crippen LogP contribution in [0.4, 0.5) is 0 Å². The maximum atomic E-state index is 11.0. The monoisotopic (exact) mass is 155 g/mol. The zero-order chi connectivity index (χ0) is 8.43. The average Bonchev–Trinajstić information content (AvgIpc) is 1.85. The molecule has 5 heteroatoms. The minimum absolute atomic E-state index is 0.334. The van der Waals surface area contributed by atoms with Crippen molar-refractivity contribution in [1.29, 1.82) is 0 Å². The van der Waals surface area contributed by atoms with Crippen molar-refractivity contribution in [2.75, 3.05) is 19.1 Å². The molecule has 1 heterocycles. The third-order valence-electron chi connectivity index (χ3n) is 1.23. The smallest absolute Gasteiger partial charge is 0.312 e. The predicted octanol–water partition coefficient (Wildman–Crippen LogP) is -1.27. The Morgan fingerprint density at radius 1 is 1.45 bits per heavy atom. The van der Waals surface area contributed by atoms with Crippen LogP contribution in [0.3, 0.4) is 0 Å². The van der Waals surface area contributed by atoms with Crippen LogP contribution in [0.15, 0.2) is 21.9 Å². The summed E-state index contributed by atoms with van der Waals surface area (Å²) >= 11 is 0. The number of hydrogen-bond donors (Lipinski definition) is 1. The molecule has 0 aliphatic heterocycles. The van der Waals surface area contributed by atoms with E-state index in [-0.39, 0.29) is 5.56 Å². The molecule has 0 aliphatic rings. The van der Waals surface area contributed by atoms with Crippen molar-refractivity contribution >= 4 is 0 Å². The largest absolute Gasteiger partial charge is 0.347 e. The van der Waals surface area contributed by atoms with Crippen LogP contribution in [0.5, 0.6) is 0 Å². The van der Waals surface area contributed by atoms with Crippen molar-refractivity contribution in [1.82, 2.24) is 9.66 Å². The first-order valence-corrected chi connectivity index (χ1v) is 3.11. The van der Waals surface area contributed by atoms with Crippen LogP contribution in [0.2, 0.25) is 0 Å². The molecular formula is C6H9N3O2. The van der Waals surface area contributed by atoms with Crippen LogP contribution in [0.1, 0.15) is 0 Å². The number of aromatic nitrogens is 2. The van der Waals surface area contributed by atoms with Gasteiger partial charge in [0.05, 0.1) is 0 Å². The van der Waals surface area contributed by atoms with Gasteiger partial charge in [0.25, 0.3) is 5.56 Å². The second kappa shape index (κ2) is 2.61. The fourth-order valence-electron chi connectivity index (χ4n) is 0.795. The molecular weight excluding hydrogens is 146 g/mol. The zero-order valence-electron chi connectivity index (χ0n) is 6.37. The third kappa shape index (κ3) is 1.31. The number of rotatable bonds is 1. The Kier molecular flexibility index (Phi) is 1.80. The van der Waals surface area contributed by atoms with E-state index in [9.17, 15) is 9.59 Å². The highest BCUT2D eigenvalue weighted by molar-refractivity contribution is 4.87. The number of nitrogens with zero attached hydrogens (tertiary/aromatic N) is 2. The van der Waals surface area contributed by atoms with Crippen LogP contribution < -0.4 is 16.3 Å². The van der Waals surface area contributed by atoms with Crippen LogP contribution in [-0.4, -0.2) is 23.8 Å². The topological polar surface area (TPSA) is 58.1 Å². The molecule has 1 aromatic rings. The number of H-pyrrole nitrogens is 1. The van der Waals surface area contributed by atoms with Gasteiger partial charge in [-0.05, 0) is 0 Å². The highest BCUT2D eigenvalue weighted by atomic mass is 16.2. The summed E-state index contributed by atoms with van der Waals surface area (Å²) in [5.74, 6) is 0. The summed E-state index contributed by atoms with van der Waals surface area (Å²) in [6.07, 6.45) is 1.32. The van der Waals surface area contributed by atoms with Gasteiger partial charge in [-0.2, -0.15) is 4.68 Å². The molecule has 60 valence electrons. The standard InChI is InChI=1S/C6H9N3O2/c1-8(2)9-5(10)3-4-7-6(9)11/h3-4H,1-2H3,(H,7,11). The lowest BCUT2D eigenvalue weighted by Crippen LogP contribution is -2.45. The van der Waals surface area contributed by atoms with Gasteiger partial charge in [-0.3, -0.25) is 4.79 Å². The molecule has 0 spiro atoms. The van der Waals surface area contributed by atoms with Crippen molar-refractivity contribution in [3.8, 4) is 0 Å². The Morgan fingerprint density at radius 3 is 2.45 bits per heavy atom. The molecule has 0 fully saturated rings. The summed E-state index contributed by atoms with van der Waals surface area (Å²) in [5.41, 5.74) is -0.763. The van der Waals surface area contributed by atoms with Gasteiger partial charge in [0, 0.05) is 26.4 Å². The molecule has 0 saturated heterocycles. The summed E-state index contributed by atoms with van der Waals surface area (Å²) < 4.78 is 1.00. The molecule has 0 bridgehead atoms. The zero-order valence-corrected chi connectivity index (χ0v) is 6.37. The van der Waals surface area contributed by atoms with Gasteiger partial charge in [-0.15, -0.1) is 0 Å². The molecule has 0 amide bonds. The Hall–Kier alpha value is -1.52. The second-order valence-electron chi connectivity index (χ2n) is 2.28. The SMILES string of the molecule is CN(C)n1c(=O)cc[nH]c1=O. The quantitative estimate of drug-likeness (QED) is 0.550. The van der Waals surface area contributed by atoms with Gasteiger partial charge >= 0.3 is 5.69 Å². The second-order valence-corrected chi connectivity index (χ2v) is 2.28. The van der Waals surface area contributed by atoms with Crippen LogP contribution in [-0.2, 0) is 0 Å². The minimum Gasteiger partial charge on any atom is -0.312 e. The van der Waals surface area contributed by atoms with Crippen LogP contribution >= 0.6 is 0 Å². The van der Waals surface area contributed by atoms with Gasteiger partial charge in [0.1, 0.15) is 0 Å². The molecule has 0 radical (unpaired) electrons. The van der Waals surface area contributed by atoms with Gasteiger partial charge in [0.15, 0.2) is 0 Å². The van der Waals surface area contributed by atoms with Crippen molar-refractivity contribution in [3.05, 3.63) is 33.1 Å². The fourth-order valence-corrected chi connectivity index (χ4v) is 0.795. The first-order chi connectivity index (χ1) is 5.13. The Balaban J connectivity index is 3.45. The number of nitrogens with one attached hydrogen (secondary N) is 1. The van der Waals surface area contributed by atoms with E-state index in [4.69, 9.17) is 0 Å². The van der Waals surface area contributed by atoms with Crippen molar-refractivity contribution < 1.29 is 0 Å². The number of aromatic amines is 1. The molecule has 0 aromatic carbocycles. The van der Waals surface area contributed by atoms with Crippen molar-refractivity contribution in [3.63, 3.8) is 0 Å². The summed E-state index contributed by atoms with van der Waals surface area (Å²) in [5, 5.41) is 1.42. The van der Waals surface area contributed by atoms with Gasteiger partial charge in [-0.1, -0.05) is 0 Å². The molecule has 1 N–H and O–H groups in total. The summed E-state index contributed by atoms with van der Waals surface area (Å²) in [6, 6.07) is 1.29. The first kappa shape index (κ1) is 7.59. The Bertz CT molecular complexity index is 321. The predicted molar refractivity (Wildman–Crippen MR) is 41.4 cm³/mol. The molecule has 5 nitrogen and oxygen atoms in total. The van der Waals surface area contributed by atoms with Crippen LogP contribution in [0.25, 0.3) is 0 Å². The van der Waals surface area contributed by atoms with Gasteiger partial charge in [0.2, 0.25) is 0 Å². The molecule has 0 atom stereocenters. The lowest BCUT2D eigenvalue weighted by Gasteiger charge is -2.12. The average molecular weight is 155 g/mol. The first-order valence-electron chi connectivity index (χ1n) is 3.11. The maximum Gasteiger partial charge on any atom is 0.347 e. The molecule has 1 rings (SSSR count). The molecule has 1 aromatic heterocycles. The van der Waals surface area contributed by atoms with E-state index in [0.29, 0.717) is 0 Å². The van der Waals surface area contributed by atoms with E-state index in [2.05, 4.69) is 4.98 Å². The summed E-state index contributed by atoms with van der Waals surface area (Å²) in [6.45, 7) is 0. The molecule has 11 heavy (non-hydrogen) atoms.